The van der Waals surface area contributed by atoms with Crippen molar-refractivity contribution in [2.45, 2.75) is 44.7 Å². The summed E-state index contributed by atoms with van der Waals surface area (Å²) in [6.45, 7) is 2.95. The van der Waals surface area contributed by atoms with E-state index in [9.17, 15) is 9.59 Å². The Morgan fingerprint density at radius 1 is 1.17 bits per heavy atom. The Morgan fingerprint density at radius 3 is 2.54 bits per heavy atom. The minimum Gasteiger partial charge on any atom is -0.490 e. The maximum atomic E-state index is 12.5. The van der Waals surface area contributed by atoms with Crippen LogP contribution < -0.4 is 14.8 Å². The Balaban J connectivity index is 1.56. The molecule has 2 amide bonds. The van der Waals surface area contributed by atoms with Gasteiger partial charge in [0.1, 0.15) is 6.04 Å². The van der Waals surface area contributed by atoms with Crippen LogP contribution in [0.25, 0.3) is 0 Å². The van der Waals surface area contributed by atoms with E-state index in [1.807, 2.05) is 25.1 Å². The van der Waals surface area contributed by atoms with Gasteiger partial charge in [-0.2, -0.15) is 0 Å². The van der Waals surface area contributed by atoms with Gasteiger partial charge >= 0.3 is 0 Å². The van der Waals surface area contributed by atoms with Crippen LogP contribution >= 0.6 is 0 Å². The quantitative estimate of drug-likeness (QED) is 0.826. The molecular formula is C18H24N2O4. The van der Waals surface area contributed by atoms with Crippen LogP contribution in [0, 0.1) is 0 Å². The summed E-state index contributed by atoms with van der Waals surface area (Å²) in [6, 6.07) is 7.24. The summed E-state index contributed by atoms with van der Waals surface area (Å²) in [4.78, 5) is 26.4. The lowest BCUT2D eigenvalue weighted by molar-refractivity contribution is -0.140. The lowest BCUT2D eigenvalue weighted by Gasteiger charge is -2.24. The summed E-state index contributed by atoms with van der Waals surface area (Å²) in [5.74, 6) is 0.982. The van der Waals surface area contributed by atoms with Gasteiger partial charge in [-0.3, -0.25) is 9.59 Å². The molecule has 1 atom stereocenters. The van der Waals surface area contributed by atoms with Gasteiger partial charge in [-0.1, -0.05) is 12.1 Å². The maximum Gasteiger partial charge on any atom is 0.261 e. The first-order chi connectivity index (χ1) is 11.7. The van der Waals surface area contributed by atoms with E-state index in [0.29, 0.717) is 30.7 Å². The molecule has 1 saturated heterocycles. The van der Waals surface area contributed by atoms with Crippen molar-refractivity contribution in [3.05, 3.63) is 24.3 Å². The number of carbonyl (C=O) groups excluding carboxylic acids is 2. The van der Waals surface area contributed by atoms with Gasteiger partial charge in [-0.05, 0) is 44.7 Å². The Hall–Kier alpha value is -2.24. The number of hydrogen-bond acceptors (Lipinski definition) is 4. The van der Waals surface area contributed by atoms with Gasteiger partial charge < -0.3 is 19.7 Å². The van der Waals surface area contributed by atoms with E-state index < -0.39 is 0 Å². The first-order valence-electron chi connectivity index (χ1n) is 8.63. The third-order valence-corrected chi connectivity index (χ3v) is 4.30. The minimum absolute atomic E-state index is 0.0296. The summed E-state index contributed by atoms with van der Waals surface area (Å²) in [7, 11) is 0. The third-order valence-electron chi connectivity index (χ3n) is 4.30. The summed E-state index contributed by atoms with van der Waals surface area (Å²) >= 11 is 0. The zero-order valence-corrected chi connectivity index (χ0v) is 14.0. The number of rotatable bonds is 7. The van der Waals surface area contributed by atoms with Gasteiger partial charge in [0.25, 0.3) is 5.91 Å². The number of nitrogens with one attached hydrogen (secondary N) is 1. The highest BCUT2D eigenvalue weighted by Gasteiger charge is 2.36. The summed E-state index contributed by atoms with van der Waals surface area (Å²) in [6.07, 6.45) is 3.66. The number of amides is 2. The van der Waals surface area contributed by atoms with Crippen LogP contribution in [0.2, 0.25) is 0 Å². The Kier molecular flexibility index (Phi) is 5.23. The van der Waals surface area contributed by atoms with E-state index in [-0.39, 0.29) is 24.5 Å². The van der Waals surface area contributed by atoms with Crippen LogP contribution in [0.15, 0.2) is 24.3 Å². The highest BCUT2D eigenvalue weighted by Crippen LogP contribution is 2.27. The molecule has 0 spiro atoms. The highest BCUT2D eigenvalue weighted by molar-refractivity contribution is 5.89. The molecule has 3 rings (SSSR count). The molecule has 24 heavy (non-hydrogen) atoms. The molecule has 1 aliphatic heterocycles. The van der Waals surface area contributed by atoms with Crippen molar-refractivity contribution < 1.29 is 19.1 Å². The van der Waals surface area contributed by atoms with Crippen molar-refractivity contribution >= 4 is 11.8 Å². The monoisotopic (exact) mass is 332 g/mol. The fourth-order valence-electron chi connectivity index (χ4n) is 2.93. The van der Waals surface area contributed by atoms with E-state index in [1.165, 1.54) is 0 Å². The van der Waals surface area contributed by atoms with E-state index >= 15 is 0 Å². The Labute approximate surface area is 142 Å². The largest absolute Gasteiger partial charge is 0.490 e. The molecule has 1 aromatic carbocycles. The Bertz CT molecular complexity index is 600. The van der Waals surface area contributed by atoms with Crippen molar-refractivity contribution in [3.63, 3.8) is 0 Å². The lowest BCUT2D eigenvalue weighted by Crippen LogP contribution is -2.47. The van der Waals surface area contributed by atoms with Gasteiger partial charge in [0.15, 0.2) is 18.1 Å². The molecule has 6 nitrogen and oxygen atoms in total. The highest BCUT2D eigenvalue weighted by atomic mass is 16.5. The van der Waals surface area contributed by atoms with Crippen molar-refractivity contribution in [2.75, 3.05) is 19.8 Å². The van der Waals surface area contributed by atoms with Crippen LogP contribution in [0.3, 0.4) is 0 Å². The molecule has 1 aliphatic carbocycles. The number of carbonyl (C=O) groups is 2. The topological polar surface area (TPSA) is 67.9 Å². The van der Waals surface area contributed by atoms with Crippen LogP contribution in [0.1, 0.15) is 32.6 Å². The molecule has 130 valence electrons. The molecule has 1 aromatic rings. The third kappa shape index (κ3) is 3.99. The van der Waals surface area contributed by atoms with Crippen LogP contribution in [-0.4, -0.2) is 48.6 Å². The molecule has 6 heteroatoms. The number of ether oxygens (including phenoxy) is 2. The van der Waals surface area contributed by atoms with Gasteiger partial charge in [0.2, 0.25) is 5.91 Å². The van der Waals surface area contributed by atoms with Crippen molar-refractivity contribution in [3.8, 4) is 11.5 Å². The average Bonchev–Trinajstić information content (AvgIpc) is 3.25. The molecule has 1 heterocycles. The number of likely N-dealkylation sites (tertiary alicyclic amines) is 1. The van der Waals surface area contributed by atoms with E-state index in [2.05, 4.69) is 5.32 Å². The molecule has 2 fully saturated rings. The maximum absolute atomic E-state index is 12.5. The SMILES string of the molecule is CCOc1ccccc1OCC(=O)N1CCCC1C(=O)NC1CC1. The normalized spacial score (nSPS) is 19.9. The van der Waals surface area contributed by atoms with Crippen molar-refractivity contribution in [1.82, 2.24) is 10.2 Å². The summed E-state index contributed by atoms with van der Waals surface area (Å²) in [5, 5.41) is 2.99. The van der Waals surface area contributed by atoms with E-state index in [0.717, 1.165) is 25.7 Å². The molecular weight excluding hydrogens is 308 g/mol. The van der Waals surface area contributed by atoms with Crippen molar-refractivity contribution in [1.29, 1.82) is 0 Å². The smallest absolute Gasteiger partial charge is 0.261 e. The number of hydrogen-bond donors (Lipinski definition) is 1. The zero-order chi connectivity index (χ0) is 16.9. The number of nitrogens with zero attached hydrogens (tertiary/aromatic N) is 1. The zero-order valence-electron chi connectivity index (χ0n) is 14.0. The average molecular weight is 332 g/mol. The van der Waals surface area contributed by atoms with Crippen LogP contribution in [0.5, 0.6) is 11.5 Å². The lowest BCUT2D eigenvalue weighted by atomic mass is 10.2. The van der Waals surface area contributed by atoms with Crippen molar-refractivity contribution in [2.24, 2.45) is 0 Å². The molecule has 2 aliphatic rings. The number of para-hydroxylation sites is 2. The molecule has 0 radical (unpaired) electrons. The van der Waals surface area contributed by atoms with E-state index in [1.54, 1.807) is 11.0 Å². The van der Waals surface area contributed by atoms with Gasteiger partial charge in [-0.25, -0.2) is 0 Å². The van der Waals surface area contributed by atoms with E-state index in [4.69, 9.17) is 9.47 Å². The van der Waals surface area contributed by atoms with Gasteiger partial charge in [0.05, 0.1) is 6.61 Å². The second-order valence-corrected chi connectivity index (χ2v) is 6.20. The first-order valence-corrected chi connectivity index (χ1v) is 8.63. The summed E-state index contributed by atoms with van der Waals surface area (Å²) < 4.78 is 11.1. The molecule has 1 unspecified atom stereocenters. The molecule has 1 N–H and O–H groups in total. The predicted molar refractivity (Wildman–Crippen MR) is 89.0 cm³/mol. The molecule has 0 aromatic heterocycles. The number of benzene rings is 1. The second kappa shape index (κ2) is 7.55. The summed E-state index contributed by atoms with van der Waals surface area (Å²) in [5.41, 5.74) is 0. The van der Waals surface area contributed by atoms with Crippen LogP contribution in [-0.2, 0) is 9.59 Å². The standard InChI is InChI=1S/C18H24N2O4/c1-2-23-15-7-3-4-8-16(15)24-12-17(21)20-11-5-6-14(20)18(22)19-13-9-10-13/h3-4,7-8,13-14H,2,5-6,9-12H2,1H3,(H,19,22). The fourth-order valence-corrected chi connectivity index (χ4v) is 2.93. The van der Waals surface area contributed by atoms with Gasteiger partial charge in [0, 0.05) is 12.6 Å². The molecule has 1 saturated carbocycles. The first kappa shape index (κ1) is 16.6. The second-order valence-electron chi connectivity index (χ2n) is 6.20. The van der Waals surface area contributed by atoms with Gasteiger partial charge in [-0.15, -0.1) is 0 Å². The Morgan fingerprint density at radius 2 is 1.88 bits per heavy atom. The van der Waals surface area contributed by atoms with Crippen LogP contribution in [0.4, 0.5) is 0 Å². The molecule has 0 bridgehead atoms. The minimum atomic E-state index is -0.358. The predicted octanol–water partition coefficient (Wildman–Crippen LogP) is 1.73. The fraction of sp³-hybridized carbons (Fsp3) is 0.556.